The molecule has 3 amide bonds. The number of aromatic amines is 1. The molecule has 1 aromatic heterocycles. The normalized spacial score (nSPS) is 16.0. The highest BCUT2D eigenvalue weighted by Crippen LogP contribution is 2.25. The van der Waals surface area contributed by atoms with E-state index in [2.05, 4.69) is 20.8 Å². The third-order valence-electron chi connectivity index (χ3n) is 5.63. The number of anilines is 1. The molecule has 0 spiro atoms. The second-order valence-corrected chi connectivity index (χ2v) is 8.02. The molecule has 2 aromatic carbocycles. The van der Waals surface area contributed by atoms with Crippen molar-refractivity contribution in [2.75, 3.05) is 25.0 Å². The Bertz CT molecular complexity index is 1160. The van der Waals surface area contributed by atoms with Gasteiger partial charge in [0.15, 0.2) is 5.69 Å². The van der Waals surface area contributed by atoms with Crippen molar-refractivity contribution < 1.29 is 14.5 Å². The van der Waals surface area contributed by atoms with E-state index in [1.165, 1.54) is 12.1 Å². The summed E-state index contributed by atoms with van der Waals surface area (Å²) in [6.45, 7) is 3.47. The standard InChI is InChI=1S/C22H24N6O4/c1-14-4-6-16(7-5-14)24-22(30)23-12-15-3-2-10-27(13-15)21(29)20-18-11-17(28(31)32)8-9-19(18)25-26-20/h4-9,11,15H,2-3,10,12-13H2,1H3,(H,25,26)(H2,23,24,30). The molecule has 0 bridgehead atoms. The number of hydrogen-bond acceptors (Lipinski definition) is 5. The van der Waals surface area contributed by atoms with Crippen LogP contribution in [0.4, 0.5) is 16.2 Å². The molecule has 3 aromatic rings. The van der Waals surface area contributed by atoms with E-state index in [9.17, 15) is 19.7 Å². The molecule has 0 aliphatic carbocycles. The third-order valence-corrected chi connectivity index (χ3v) is 5.63. The number of nitrogens with one attached hydrogen (secondary N) is 3. The summed E-state index contributed by atoms with van der Waals surface area (Å²) in [6.07, 6.45) is 1.70. The number of aryl methyl sites for hydroxylation is 1. The van der Waals surface area contributed by atoms with Gasteiger partial charge in [-0.2, -0.15) is 5.10 Å². The Kier molecular flexibility index (Phi) is 6.02. The van der Waals surface area contributed by atoms with Crippen LogP contribution in [-0.2, 0) is 0 Å². The smallest absolute Gasteiger partial charge is 0.319 e. The lowest BCUT2D eigenvalue weighted by molar-refractivity contribution is -0.384. The van der Waals surface area contributed by atoms with Gasteiger partial charge in [0.1, 0.15) is 0 Å². The van der Waals surface area contributed by atoms with Crippen molar-refractivity contribution in [1.82, 2.24) is 20.4 Å². The predicted molar refractivity (Wildman–Crippen MR) is 120 cm³/mol. The zero-order valence-corrected chi connectivity index (χ0v) is 17.6. The molecule has 1 unspecified atom stereocenters. The number of urea groups is 1. The van der Waals surface area contributed by atoms with Crippen molar-refractivity contribution >= 4 is 34.2 Å². The number of amides is 3. The lowest BCUT2D eigenvalue weighted by atomic mass is 9.97. The molecular formula is C22H24N6O4. The molecule has 2 heterocycles. The molecule has 0 saturated carbocycles. The van der Waals surface area contributed by atoms with Crippen molar-refractivity contribution in [2.24, 2.45) is 5.92 Å². The van der Waals surface area contributed by atoms with E-state index in [-0.39, 0.29) is 29.2 Å². The van der Waals surface area contributed by atoms with Gasteiger partial charge in [-0.1, -0.05) is 17.7 Å². The van der Waals surface area contributed by atoms with E-state index in [0.717, 1.165) is 18.4 Å². The van der Waals surface area contributed by atoms with E-state index >= 15 is 0 Å². The molecule has 166 valence electrons. The summed E-state index contributed by atoms with van der Waals surface area (Å²) in [5.41, 5.74) is 2.49. The SMILES string of the molecule is Cc1ccc(NC(=O)NCC2CCCN(C(=O)c3n[nH]c4ccc([N+](=O)[O-])cc34)C2)cc1. The van der Waals surface area contributed by atoms with Crippen molar-refractivity contribution in [3.05, 3.63) is 63.8 Å². The quantitative estimate of drug-likeness (QED) is 0.416. The minimum Gasteiger partial charge on any atom is -0.338 e. The van der Waals surface area contributed by atoms with Crippen LogP contribution >= 0.6 is 0 Å². The van der Waals surface area contributed by atoms with Crippen LogP contribution in [0, 0.1) is 23.0 Å². The summed E-state index contributed by atoms with van der Waals surface area (Å²) in [6, 6.07) is 11.5. The van der Waals surface area contributed by atoms with Crippen molar-refractivity contribution in [1.29, 1.82) is 0 Å². The highest BCUT2D eigenvalue weighted by molar-refractivity contribution is 6.05. The fourth-order valence-electron chi connectivity index (χ4n) is 3.89. The van der Waals surface area contributed by atoms with Crippen LogP contribution in [0.1, 0.15) is 28.9 Å². The molecule has 3 N–H and O–H groups in total. The Balaban J connectivity index is 1.37. The van der Waals surface area contributed by atoms with Gasteiger partial charge in [-0.3, -0.25) is 20.0 Å². The lowest BCUT2D eigenvalue weighted by Crippen LogP contribution is -2.44. The second-order valence-electron chi connectivity index (χ2n) is 8.02. The predicted octanol–water partition coefficient (Wildman–Crippen LogP) is 3.45. The summed E-state index contributed by atoms with van der Waals surface area (Å²) in [5, 5.41) is 24.1. The van der Waals surface area contributed by atoms with E-state index in [1.807, 2.05) is 31.2 Å². The van der Waals surface area contributed by atoms with Gasteiger partial charge in [-0.05, 0) is 43.9 Å². The van der Waals surface area contributed by atoms with Gasteiger partial charge in [0, 0.05) is 42.8 Å². The maximum Gasteiger partial charge on any atom is 0.319 e. The highest BCUT2D eigenvalue weighted by atomic mass is 16.6. The van der Waals surface area contributed by atoms with Crippen molar-refractivity contribution in [3.8, 4) is 0 Å². The maximum atomic E-state index is 13.1. The largest absolute Gasteiger partial charge is 0.338 e. The first-order valence-corrected chi connectivity index (χ1v) is 10.4. The first-order chi connectivity index (χ1) is 15.4. The fourth-order valence-corrected chi connectivity index (χ4v) is 3.89. The number of benzene rings is 2. The van der Waals surface area contributed by atoms with Gasteiger partial charge in [0.25, 0.3) is 11.6 Å². The van der Waals surface area contributed by atoms with E-state index in [1.54, 1.807) is 11.0 Å². The van der Waals surface area contributed by atoms with E-state index in [4.69, 9.17) is 0 Å². The van der Waals surface area contributed by atoms with Gasteiger partial charge in [-0.25, -0.2) is 4.79 Å². The molecule has 4 rings (SSSR count). The average molecular weight is 436 g/mol. The Labute approximate surface area is 184 Å². The second kappa shape index (κ2) is 9.04. The summed E-state index contributed by atoms with van der Waals surface area (Å²) in [5.74, 6) is -0.165. The summed E-state index contributed by atoms with van der Waals surface area (Å²) < 4.78 is 0. The third kappa shape index (κ3) is 4.69. The van der Waals surface area contributed by atoms with Crippen LogP contribution in [0.3, 0.4) is 0 Å². The van der Waals surface area contributed by atoms with Crippen LogP contribution in [0.25, 0.3) is 10.9 Å². The number of likely N-dealkylation sites (tertiary alicyclic amines) is 1. The number of non-ortho nitro benzene ring substituents is 1. The molecular weight excluding hydrogens is 412 g/mol. The molecule has 1 aliphatic rings. The molecule has 1 fully saturated rings. The summed E-state index contributed by atoms with van der Waals surface area (Å²) in [4.78, 5) is 37.6. The molecule has 1 aliphatic heterocycles. The minimum absolute atomic E-state index is 0.0896. The van der Waals surface area contributed by atoms with Crippen LogP contribution in [0.15, 0.2) is 42.5 Å². The first-order valence-electron chi connectivity index (χ1n) is 10.4. The number of carbonyl (C=O) groups excluding carboxylic acids is 2. The van der Waals surface area contributed by atoms with Crippen LogP contribution < -0.4 is 10.6 Å². The Hall–Kier alpha value is -3.95. The molecule has 10 heteroatoms. The Morgan fingerprint density at radius 2 is 2.03 bits per heavy atom. The van der Waals surface area contributed by atoms with E-state index < -0.39 is 4.92 Å². The number of nitrogens with zero attached hydrogens (tertiary/aromatic N) is 3. The van der Waals surface area contributed by atoms with Crippen LogP contribution in [0.2, 0.25) is 0 Å². The monoisotopic (exact) mass is 436 g/mol. The fraction of sp³-hybridized carbons (Fsp3) is 0.318. The zero-order chi connectivity index (χ0) is 22.7. The Morgan fingerprint density at radius 3 is 2.78 bits per heavy atom. The molecule has 10 nitrogen and oxygen atoms in total. The summed E-state index contributed by atoms with van der Waals surface area (Å²) in [7, 11) is 0. The van der Waals surface area contributed by atoms with Crippen LogP contribution in [-0.4, -0.2) is 51.6 Å². The summed E-state index contributed by atoms with van der Waals surface area (Å²) >= 11 is 0. The molecule has 1 saturated heterocycles. The number of fused-ring (bicyclic) bond motifs is 1. The Morgan fingerprint density at radius 1 is 1.25 bits per heavy atom. The van der Waals surface area contributed by atoms with E-state index in [0.29, 0.717) is 36.2 Å². The first kappa shape index (κ1) is 21.3. The van der Waals surface area contributed by atoms with Gasteiger partial charge >= 0.3 is 6.03 Å². The van der Waals surface area contributed by atoms with Gasteiger partial charge in [0.2, 0.25) is 0 Å². The molecule has 1 atom stereocenters. The number of aromatic nitrogens is 2. The molecule has 0 radical (unpaired) electrons. The van der Waals surface area contributed by atoms with Gasteiger partial charge < -0.3 is 15.5 Å². The zero-order valence-electron chi connectivity index (χ0n) is 17.6. The molecule has 32 heavy (non-hydrogen) atoms. The van der Waals surface area contributed by atoms with Gasteiger partial charge in [-0.15, -0.1) is 0 Å². The van der Waals surface area contributed by atoms with Crippen molar-refractivity contribution in [2.45, 2.75) is 19.8 Å². The number of rotatable bonds is 5. The highest BCUT2D eigenvalue weighted by Gasteiger charge is 2.28. The maximum absolute atomic E-state index is 13.1. The number of hydrogen-bond donors (Lipinski definition) is 3. The van der Waals surface area contributed by atoms with Crippen LogP contribution in [0.5, 0.6) is 0 Å². The van der Waals surface area contributed by atoms with Crippen molar-refractivity contribution in [3.63, 3.8) is 0 Å². The number of carbonyl (C=O) groups is 2. The average Bonchev–Trinajstić information content (AvgIpc) is 3.22. The topological polar surface area (TPSA) is 133 Å². The number of H-pyrrole nitrogens is 1. The lowest BCUT2D eigenvalue weighted by Gasteiger charge is -2.32. The number of piperidine rings is 1. The minimum atomic E-state index is -0.495. The number of nitro benzene ring substituents is 1. The van der Waals surface area contributed by atoms with Gasteiger partial charge in [0.05, 0.1) is 10.4 Å². The number of nitro groups is 1.